The number of nitrogens with zero attached hydrogens (tertiary/aromatic N) is 4. The summed E-state index contributed by atoms with van der Waals surface area (Å²) in [5, 5.41) is 15.4. The second-order valence-electron chi connectivity index (χ2n) is 6.32. The van der Waals surface area contributed by atoms with Crippen LogP contribution in [0.3, 0.4) is 0 Å². The monoisotopic (exact) mass is 357 g/mol. The molecule has 0 bridgehead atoms. The van der Waals surface area contributed by atoms with Crippen LogP contribution in [0.2, 0.25) is 0 Å². The normalized spacial score (nSPS) is 14.9. The van der Waals surface area contributed by atoms with E-state index >= 15 is 0 Å². The van der Waals surface area contributed by atoms with E-state index in [1.165, 1.54) is 6.07 Å². The second-order valence-corrected chi connectivity index (χ2v) is 6.32. The number of amides is 1. The number of benzene rings is 1. The van der Waals surface area contributed by atoms with Gasteiger partial charge in [-0.3, -0.25) is 4.79 Å². The Bertz CT molecular complexity index is 821. The Morgan fingerprint density at radius 3 is 2.85 bits per heavy atom. The number of piperidine rings is 1. The Morgan fingerprint density at radius 1 is 1.46 bits per heavy atom. The molecule has 0 aliphatic carbocycles. The molecule has 1 fully saturated rings. The van der Waals surface area contributed by atoms with Gasteiger partial charge < -0.3 is 14.7 Å². The van der Waals surface area contributed by atoms with Crippen LogP contribution >= 0.6 is 0 Å². The van der Waals surface area contributed by atoms with Gasteiger partial charge in [0.05, 0.1) is 17.3 Å². The zero-order chi connectivity index (χ0) is 18.5. The van der Waals surface area contributed by atoms with Gasteiger partial charge >= 0.3 is 0 Å². The van der Waals surface area contributed by atoms with Gasteiger partial charge in [0.1, 0.15) is 5.82 Å². The Labute approximate surface area is 150 Å². The molecule has 1 aromatic carbocycles. The number of hydrogen-bond acceptors (Lipinski definition) is 6. The molecule has 2 heterocycles. The zero-order valence-corrected chi connectivity index (χ0v) is 14.5. The first kappa shape index (κ1) is 17.9. The molecule has 1 aromatic heterocycles. The maximum atomic E-state index is 14.1. The highest BCUT2D eigenvalue weighted by atomic mass is 19.1. The predicted molar refractivity (Wildman–Crippen MR) is 91.8 cm³/mol. The largest absolute Gasteiger partial charge is 0.369 e. The molecular formula is C18H20FN5O2. The molecule has 3 rings (SSSR count). The summed E-state index contributed by atoms with van der Waals surface area (Å²) in [5.41, 5.74) is 0.784. The van der Waals surface area contributed by atoms with E-state index in [1.54, 1.807) is 19.1 Å². The minimum atomic E-state index is -0.401. The van der Waals surface area contributed by atoms with Crippen molar-refractivity contribution in [2.24, 2.45) is 5.92 Å². The summed E-state index contributed by atoms with van der Waals surface area (Å²) in [5.74, 6) is 0.600. The fourth-order valence-electron chi connectivity index (χ4n) is 3.09. The van der Waals surface area contributed by atoms with E-state index in [2.05, 4.69) is 15.5 Å². The molecule has 1 N–H and O–H groups in total. The molecule has 1 aliphatic heterocycles. The van der Waals surface area contributed by atoms with Crippen LogP contribution in [0.5, 0.6) is 0 Å². The smallest absolute Gasteiger partial charge is 0.228 e. The van der Waals surface area contributed by atoms with Crippen LogP contribution in [0.4, 0.5) is 10.1 Å². The van der Waals surface area contributed by atoms with E-state index in [-0.39, 0.29) is 11.8 Å². The average Bonchev–Trinajstić information content (AvgIpc) is 3.07. The number of nitriles is 1. The summed E-state index contributed by atoms with van der Waals surface area (Å²) in [7, 11) is 0. The van der Waals surface area contributed by atoms with Gasteiger partial charge in [-0.25, -0.2) is 4.39 Å². The fraction of sp³-hybridized carbons (Fsp3) is 0.444. The third-order valence-electron chi connectivity index (χ3n) is 4.49. The van der Waals surface area contributed by atoms with Crippen molar-refractivity contribution in [3.05, 3.63) is 41.3 Å². The number of rotatable bonds is 5. The van der Waals surface area contributed by atoms with E-state index in [0.717, 1.165) is 0 Å². The molecule has 8 heteroatoms. The molecule has 1 saturated heterocycles. The van der Waals surface area contributed by atoms with Crippen molar-refractivity contribution in [3.63, 3.8) is 0 Å². The van der Waals surface area contributed by atoms with Crippen molar-refractivity contribution in [1.29, 1.82) is 5.26 Å². The number of nitrogens with one attached hydrogen (secondary N) is 1. The maximum absolute atomic E-state index is 14.1. The number of aromatic nitrogens is 2. The van der Waals surface area contributed by atoms with Gasteiger partial charge in [-0.2, -0.15) is 10.2 Å². The van der Waals surface area contributed by atoms with Gasteiger partial charge in [-0.05, 0) is 38.0 Å². The molecule has 7 nitrogen and oxygen atoms in total. The summed E-state index contributed by atoms with van der Waals surface area (Å²) in [6.07, 6.45) is 1.82. The van der Waals surface area contributed by atoms with E-state index in [0.29, 0.717) is 61.9 Å². The van der Waals surface area contributed by atoms with Crippen molar-refractivity contribution in [2.45, 2.75) is 26.2 Å². The van der Waals surface area contributed by atoms with E-state index < -0.39 is 5.82 Å². The van der Waals surface area contributed by atoms with Crippen LogP contribution in [-0.4, -0.2) is 35.7 Å². The van der Waals surface area contributed by atoms with Crippen molar-refractivity contribution in [2.75, 3.05) is 24.5 Å². The van der Waals surface area contributed by atoms with Gasteiger partial charge in [0.25, 0.3) is 0 Å². The van der Waals surface area contributed by atoms with E-state index in [4.69, 9.17) is 9.78 Å². The Balaban J connectivity index is 1.47. The highest BCUT2D eigenvalue weighted by molar-refractivity contribution is 5.79. The number of carbonyl (C=O) groups excluding carboxylic acids is 1. The van der Waals surface area contributed by atoms with Crippen LogP contribution in [0.25, 0.3) is 0 Å². The van der Waals surface area contributed by atoms with Crippen LogP contribution in [0.1, 0.15) is 30.1 Å². The molecular weight excluding hydrogens is 337 g/mol. The quantitative estimate of drug-likeness (QED) is 0.879. The van der Waals surface area contributed by atoms with E-state index in [1.807, 2.05) is 11.0 Å². The molecule has 0 radical (unpaired) electrons. The lowest BCUT2D eigenvalue weighted by Crippen LogP contribution is -2.41. The first-order valence-electron chi connectivity index (χ1n) is 8.58. The second kappa shape index (κ2) is 7.95. The van der Waals surface area contributed by atoms with Gasteiger partial charge in [0.2, 0.25) is 11.8 Å². The number of hydrogen-bond donors (Lipinski definition) is 1. The lowest BCUT2D eigenvalue weighted by Gasteiger charge is -2.33. The molecule has 1 amide bonds. The van der Waals surface area contributed by atoms with Gasteiger partial charge in [-0.1, -0.05) is 5.16 Å². The van der Waals surface area contributed by atoms with E-state index in [9.17, 15) is 9.18 Å². The van der Waals surface area contributed by atoms with Crippen molar-refractivity contribution in [1.82, 2.24) is 15.5 Å². The molecule has 0 saturated carbocycles. The van der Waals surface area contributed by atoms with Crippen molar-refractivity contribution in [3.8, 4) is 6.07 Å². The summed E-state index contributed by atoms with van der Waals surface area (Å²) in [4.78, 5) is 18.3. The number of anilines is 1. The molecule has 2 aromatic rings. The van der Waals surface area contributed by atoms with Gasteiger partial charge in [-0.15, -0.1) is 0 Å². The first-order valence-corrected chi connectivity index (χ1v) is 8.58. The molecule has 0 spiro atoms. The fourth-order valence-corrected chi connectivity index (χ4v) is 3.09. The number of halogens is 1. The third kappa shape index (κ3) is 4.17. The SMILES string of the molecule is Cc1noc(CCNC(=O)C2CCN(c3ccc(C#N)cc3F)CC2)n1. The summed E-state index contributed by atoms with van der Waals surface area (Å²) in [6, 6.07) is 6.40. The number of aryl methyl sites for hydroxylation is 1. The molecule has 0 unspecified atom stereocenters. The Hall–Kier alpha value is -2.95. The zero-order valence-electron chi connectivity index (χ0n) is 14.5. The van der Waals surface area contributed by atoms with Gasteiger partial charge in [0, 0.05) is 32.0 Å². The minimum absolute atomic E-state index is 0.00110. The molecule has 0 atom stereocenters. The summed E-state index contributed by atoms with van der Waals surface area (Å²) < 4.78 is 19.1. The minimum Gasteiger partial charge on any atom is -0.369 e. The molecule has 1 aliphatic rings. The summed E-state index contributed by atoms with van der Waals surface area (Å²) in [6.45, 7) is 3.40. The van der Waals surface area contributed by atoms with Crippen molar-refractivity contribution < 1.29 is 13.7 Å². The highest BCUT2D eigenvalue weighted by Gasteiger charge is 2.26. The van der Waals surface area contributed by atoms with Crippen LogP contribution in [0, 0.1) is 30.0 Å². The van der Waals surface area contributed by atoms with Gasteiger partial charge in [0.15, 0.2) is 5.82 Å². The maximum Gasteiger partial charge on any atom is 0.228 e. The van der Waals surface area contributed by atoms with Crippen LogP contribution < -0.4 is 10.2 Å². The Morgan fingerprint density at radius 2 is 2.23 bits per heavy atom. The Kier molecular flexibility index (Phi) is 5.46. The number of carbonyl (C=O) groups is 1. The van der Waals surface area contributed by atoms with Crippen LogP contribution in [-0.2, 0) is 11.2 Å². The highest BCUT2D eigenvalue weighted by Crippen LogP contribution is 2.26. The standard InChI is InChI=1S/C18H20FN5O2/c1-12-22-17(26-23-12)4-7-21-18(25)14-5-8-24(9-6-14)16-3-2-13(11-20)10-15(16)19/h2-3,10,14H,4-9H2,1H3,(H,21,25). The average molecular weight is 357 g/mol. The first-order chi connectivity index (χ1) is 12.6. The van der Waals surface area contributed by atoms with Crippen LogP contribution in [0.15, 0.2) is 22.7 Å². The summed E-state index contributed by atoms with van der Waals surface area (Å²) >= 11 is 0. The molecule has 136 valence electrons. The lowest BCUT2D eigenvalue weighted by atomic mass is 9.95. The third-order valence-corrected chi connectivity index (χ3v) is 4.49. The topological polar surface area (TPSA) is 95.0 Å². The van der Waals surface area contributed by atoms with Crippen molar-refractivity contribution >= 4 is 11.6 Å². The lowest BCUT2D eigenvalue weighted by molar-refractivity contribution is -0.125. The molecule has 26 heavy (non-hydrogen) atoms. The predicted octanol–water partition coefficient (Wildman–Crippen LogP) is 1.96.